The molecule has 1 saturated heterocycles. The molecule has 0 spiro atoms. The van der Waals surface area contributed by atoms with Crippen molar-refractivity contribution in [2.75, 3.05) is 6.54 Å². The largest absolute Gasteiger partial charge is 0.424 e. The number of nitrogens with zero attached hydrogens (tertiary/aromatic N) is 4. The molecule has 0 aliphatic carbocycles. The van der Waals surface area contributed by atoms with Crippen LogP contribution in [0.15, 0.2) is 66.9 Å². The molecule has 1 aliphatic heterocycles. The van der Waals surface area contributed by atoms with Gasteiger partial charge in [-0.2, -0.15) is 13.5 Å². The summed E-state index contributed by atoms with van der Waals surface area (Å²) in [6.07, 6.45) is 1.11. The molecular formula is C20H18F2N4O. The quantitative estimate of drug-likeness (QED) is 0.705. The lowest BCUT2D eigenvalue weighted by molar-refractivity contribution is -0.188. The molecule has 27 heavy (non-hydrogen) atoms. The van der Waals surface area contributed by atoms with Gasteiger partial charge in [-0.3, -0.25) is 4.79 Å². The highest BCUT2D eigenvalue weighted by Gasteiger charge is 2.52. The maximum atomic E-state index is 14.8. The lowest BCUT2D eigenvalue weighted by Gasteiger charge is -2.47. The number of likely N-dealkylation sites (tertiary alicyclic amines) is 1. The average molecular weight is 368 g/mol. The maximum absolute atomic E-state index is 14.8. The van der Waals surface area contributed by atoms with Crippen LogP contribution >= 0.6 is 0 Å². The van der Waals surface area contributed by atoms with E-state index < -0.39 is 12.0 Å². The number of carbonyl (C=O) groups is 1. The second-order valence-corrected chi connectivity index (χ2v) is 6.75. The molecule has 138 valence electrons. The van der Waals surface area contributed by atoms with Gasteiger partial charge in [0.25, 0.3) is 0 Å². The van der Waals surface area contributed by atoms with E-state index in [1.165, 1.54) is 4.90 Å². The van der Waals surface area contributed by atoms with Crippen LogP contribution in [0.25, 0.3) is 11.3 Å². The molecule has 0 saturated carbocycles. The Kier molecular flexibility index (Phi) is 4.22. The Hall–Kier alpha value is -3.09. The number of amides is 1. The third-order valence-corrected chi connectivity index (χ3v) is 4.87. The van der Waals surface area contributed by atoms with Crippen LogP contribution < -0.4 is 0 Å². The molecule has 4 rings (SSSR count). The topological polar surface area (TPSA) is 51.0 Å². The summed E-state index contributed by atoms with van der Waals surface area (Å²) >= 11 is 0. The van der Waals surface area contributed by atoms with Gasteiger partial charge in [-0.05, 0) is 11.5 Å². The molecule has 1 aliphatic rings. The fraction of sp³-hybridized carbons (Fsp3) is 0.250. The second-order valence-electron chi connectivity index (χ2n) is 6.75. The van der Waals surface area contributed by atoms with Gasteiger partial charge >= 0.3 is 12.0 Å². The smallest absolute Gasteiger partial charge is 0.328 e. The molecule has 2 heterocycles. The molecule has 0 radical (unpaired) electrons. The summed E-state index contributed by atoms with van der Waals surface area (Å²) in [6, 6.07) is 13.9. The minimum absolute atomic E-state index is 0.114. The summed E-state index contributed by atoms with van der Waals surface area (Å²) in [6.45, 7) is 2.23. The number of benzene rings is 2. The van der Waals surface area contributed by atoms with Gasteiger partial charge in [-0.15, -0.1) is 5.10 Å². The first-order chi connectivity index (χ1) is 13.0. The summed E-state index contributed by atoms with van der Waals surface area (Å²) in [5, 5.41) is 7.30. The minimum atomic E-state index is -3.80. The standard InChI is InChI=1S/C20H18F2N4O/c1-14-12-25(18(14)16-10-6-3-7-11-16)19(27)20(21,22)26-13-17(23-24-26)15-8-4-2-5-9-15/h2-11,13-14,18H,12H2,1H3. The third-order valence-electron chi connectivity index (χ3n) is 4.87. The normalized spacial score (nSPS) is 19.6. The van der Waals surface area contributed by atoms with Crippen molar-refractivity contribution in [1.29, 1.82) is 0 Å². The summed E-state index contributed by atoms with van der Waals surface area (Å²) < 4.78 is 30.0. The zero-order chi connectivity index (χ0) is 19.0. The van der Waals surface area contributed by atoms with Crippen LogP contribution in [0.5, 0.6) is 0 Å². The lowest BCUT2D eigenvalue weighted by atomic mass is 9.84. The van der Waals surface area contributed by atoms with Crippen molar-refractivity contribution < 1.29 is 13.6 Å². The molecule has 0 bridgehead atoms. The van der Waals surface area contributed by atoms with Crippen molar-refractivity contribution in [3.05, 3.63) is 72.4 Å². The highest BCUT2D eigenvalue weighted by molar-refractivity contribution is 5.82. The van der Waals surface area contributed by atoms with Gasteiger partial charge in [0.05, 0.1) is 12.2 Å². The van der Waals surface area contributed by atoms with E-state index >= 15 is 0 Å². The Balaban J connectivity index is 1.59. The van der Waals surface area contributed by atoms with Gasteiger partial charge in [0.2, 0.25) is 0 Å². The van der Waals surface area contributed by atoms with Gasteiger partial charge in [0.1, 0.15) is 5.69 Å². The first kappa shape index (κ1) is 17.3. The summed E-state index contributed by atoms with van der Waals surface area (Å²) in [5.74, 6) is -1.15. The minimum Gasteiger partial charge on any atom is -0.328 e. The summed E-state index contributed by atoms with van der Waals surface area (Å²) in [5.41, 5.74) is 1.80. The Morgan fingerprint density at radius 2 is 1.70 bits per heavy atom. The van der Waals surface area contributed by atoms with Crippen molar-refractivity contribution in [3.63, 3.8) is 0 Å². The van der Waals surface area contributed by atoms with E-state index in [9.17, 15) is 13.6 Å². The fourth-order valence-electron chi connectivity index (χ4n) is 3.47. The Bertz CT molecular complexity index is 943. The van der Waals surface area contributed by atoms with Gasteiger partial charge in [-0.25, -0.2) is 0 Å². The van der Waals surface area contributed by atoms with E-state index in [4.69, 9.17) is 0 Å². The molecule has 2 unspecified atom stereocenters. The van der Waals surface area contributed by atoms with Crippen LogP contribution in [0, 0.1) is 5.92 Å². The van der Waals surface area contributed by atoms with Gasteiger partial charge in [-0.1, -0.05) is 72.8 Å². The number of alkyl halides is 2. The van der Waals surface area contributed by atoms with E-state index in [1.54, 1.807) is 24.3 Å². The molecule has 0 N–H and O–H groups in total. The average Bonchev–Trinajstić information content (AvgIpc) is 3.18. The van der Waals surface area contributed by atoms with Gasteiger partial charge in [0, 0.05) is 12.1 Å². The fourth-order valence-corrected chi connectivity index (χ4v) is 3.47. The Morgan fingerprint density at radius 3 is 2.33 bits per heavy atom. The highest BCUT2D eigenvalue weighted by atomic mass is 19.3. The number of hydrogen-bond donors (Lipinski definition) is 0. The van der Waals surface area contributed by atoms with Crippen molar-refractivity contribution in [2.45, 2.75) is 19.0 Å². The van der Waals surface area contributed by atoms with Crippen LogP contribution in [0.1, 0.15) is 18.5 Å². The molecule has 2 atom stereocenters. The SMILES string of the molecule is CC1CN(C(=O)C(F)(F)n2cc(-c3ccccc3)nn2)C1c1ccccc1. The van der Waals surface area contributed by atoms with E-state index in [1.807, 2.05) is 43.3 Å². The van der Waals surface area contributed by atoms with E-state index in [0.717, 1.165) is 11.8 Å². The van der Waals surface area contributed by atoms with E-state index in [-0.39, 0.29) is 18.5 Å². The third kappa shape index (κ3) is 2.99. The van der Waals surface area contributed by atoms with Crippen molar-refractivity contribution in [3.8, 4) is 11.3 Å². The number of carbonyl (C=O) groups excluding carboxylic acids is 1. The summed E-state index contributed by atoms with van der Waals surface area (Å²) in [7, 11) is 0. The molecule has 5 nitrogen and oxygen atoms in total. The van der Waals surface area contributed by atoms with Crippen LogP contribution in [-0.4, -0.2) is 32.3 Å². The summed E-state index contributed by atoms with van der Waals surface area (Å²) in [4.78, 5) is 13.8. The van der Waals surface area contributed by atoms with Crippen LogP contribution in [-0.2, 0) is 10.8 Å². The number of aromatic nitrogens is 3. The predicted molar refractivity (Wildman–Crippen MR) is 95.7 cm³/mol. The maximum Gasteiger partial charge on any atom is 0.424 e. The van der Waals surface area contributed by atoms with Crippen molar-refractivity contribution >= 4 is 5.91 Å². The van der Waals surface area contributed by atoms with Crippen LogP contribution in [0.3, 0.4) is 0 Å². The number of hydrogen-bond acceptors (Lipinski definition) is 3. The van der Waals surface area contributed by atoms with Crippen molar-refractivity contribution in [1.82, 2.24) is 19.9 Å². The highest BCUT2D eigenvalue weighted by Crippen LogP contribution is 2.41. The second kappa shape index (κ2) is 6.57. The molecule has 1 amide bonds. The van der Waals surface area contributed by atoms with E-state index in [2.05, 4.69) is 10.3 Å². The molecule has 7 heteroatoms. The Labute approximate surface area is 155 Å². The van der Waals surface area contributed by atoms with Crippen LogP contribution in [0.4, 0.5) is 8.78 Å². The molecule has 3 aromatic rings. The van der Waals surface area contributed by atoms with Gasteiger partial charge < -0.3 is 4.90 Å². The zero-order valence-electron chi connectivity index (χ0n) is 14.7. The molecule has 1 fully saturated rings. The monoisotopic (exact) mass is 368 g/mol. The molecule has 1 aromatic heterocycles. The number of halogens is 2. The lowest BCUT2D eigenvalue weighted by Crippen LogP contribution is -2.57. The predicted octanol–water partition coefficient (Wildman–Crippen LogP) is 3.71. The van der Waals surface area contributed by atoms with Crippen LogP contribution in [0.2, 0.25) is 0 Å². The molecular weight excluding hydrogens is 350 g/mol. The number of rotatable bonds is 4. The van der Waals surface area contributed by atoms with Gasteiger partial charge in [0.15, 0.2) is 0 Å². The Morgan fingerprint density at radius 1 is 1.07 bits per heavy atom. The molecule has 2 aromatic carbocycles. The first-order valence-electron chi connectivity index (χ1n) is 8.70. The van der Waals surface area contributed by atoms with Crippen molar-refractivity contribution in [2.24, 2.45) is 5.92 Å². The van der Waals surface area contributed by atoms with E-state index in [0.29, 0.717) is 15.9 Å². The zero-order valence-corrected chi connectivity index (χ0v) is 14.7. The first-order valence-corrected chi connectivity index (χ1v) is 8.70.